The van der Waals surface area contributed by atoms with Gasteiger partial charge < -0.3 is 15.2 Å². The Balaban J connectivity index is 2.14. The normalized spacial score (nSPS) is 10.3. The summed E-state index contributed by atoms with van der Waals surface area (Å²) in [7, 11) is 1.60. The standard InChI is InChI=1S/C15H16N2O4S/c1-9-14(10-4-3-5-11(8-10)21-2)17-15(22-9)16-12(18)6-7-13(19)20/h3-5,8H,6-7H2,1-2H3,(H,19,20)(H,16,17,18). The Morgan fingerprint density at radius 2 is 2.14 bits per heavy atom. The van der Waals surface area contributed by atoms with Crippen LogP contribution in [0.1, 0.15) is 17.7 Å². The first-order valence-electron chi connectivity index (χ1n) is 6.63. The summed E-state index contributed by atoms with van der Waals surface area (Å²) in [5.74, 6) is -0.618. The number of carboxylic acid groups (broad SMARTS) is 1. The SMILES string of the molecule is COc1cccc(-c2nc(NC(=O)CCC(=O)O)sc2C)c1. The molecule has 2 N–H and O–H groups in total. The number of hydrogen-bond donors (Lipinski definition) is 2. The molecule has 2 aromatic rings. The van der Waals surface area contributed by atoms with Crippen LogP contribution in [-0.4, -0.2) is 29.1 Å². The zero-order valence-electron chi connectivity index (χ0n) is 12.3. The largest absolute Gasteiger partial charge is 0.497 e. The van der Waals surface area contributed by atoms with Gasteiger partial charge in [-0.15, -0.1) is 11.3 Å². The molecular weight excluding hydrogens is 304 g/mol. The maximum Gasteiger partial charge on any atom is 0.303 e. The summed E-state index contributed by atoms with van der Waals surface area (Å²) in [6.45, 7) is 1.92. The molecule has 0 spiro atoms. The molecule has 1 heterocycles. The number of anilines is 1. The van der Waals surface area contributed by atoms with Gasteiger partial charge in [-0.2, -0.15) is 0 Å². The highest BCUT2D eigenvalue weighted by Crippen LogP contribution is 2.32. The Morgan fingerprint density at radius 3 is 2.82 bits per heavy atom. The van der Waals surface area contributed by atoms with Gasteiger partial charge in [0, 0.05) is 16.9 Å². The predicted octanol–water partition coefficient (Wildman–Crippen LogP) is 2.93. The molecule has 22 heavy (non-hydrogen) atoms. The van der Waals surface area contributed by atoms with E-state index in [1.54, 1.807) is 7.11 Å². The van der Waals surface area contributed by atoms with E-state index in [4.69, 9.17) is 9.84 Å². The van der Waals surface area contributed by atoms with Crippen molar-refractivity contribution >= 4 is 28.3 Å². The second-order valence-corrected chi connectivity index (χ2v) is 5.80. The number of methoxy groups -OCH3 is 1. The van der Waals surface area contributed by atoms with Crippen molar-refractivity contribution in [1.82, 2.24) is 4.98 Å². The molecule has 1 amide bonds. The van der Waals surface area contributed by atoms with Crippen molar-refractivity contribution in [3.05, 3.63) is 29.1 Å². The van der Waals surface area contributed by atoms with Gasteiger partial charge in [0.15, 0.2) is 5.13 Å². The molecule has 0 aliphatic rings. The number of carbonyl (C=O) groups excluding carboxylic acids is 1. The van der Waals surface area contributed by atoms with E-state index >= 15 is 0 Å². The summed E-state index contributed by atoms with van der Waals surface area (Å²) in [4.78, 5) is 27.5. The fraction of sp³-hybridized carbons (Fsp3) is 0.267. The van der Waals surface area contributed by atoms with Crippen molar-refractivity contribution < 1.29 is 19.4 Å². The summed E-state index contributed by atoms with van der Waals surface area (Å²) in [6, 6.07) is 7.51. The van der Waals surface area contributed by atoms with Gasteiger partial charge in [-0.3, -0.25) is 9.59 Å². The molecule has 0 atom stereocenters. The van der Waals surface area contributed by atoms with Gasteiger partial charge in [-0.25, -0.2) is 4.98 Å². The Hall–Kier alpha value is -2.41. The Morgan fingerprint density at radius 1 is 1.36 bits per heavy atom. The average molecular weight is 320 g/mol. The predicted molar refractivity (Wildman–Crippen MR) is 84.3 cm³/mol. The number of aromatic nitrogens is 1. The first-order valence-corrected chi connectivity index (χ1v) is 7.44. The van der Waals surface area contributed by atoms with Crippen LogP contribution in [0.3, 0.4) is 0 Å². The molecule has 0 aliphatic carbocycles. The Kier molecular flexibility index (Phi) is 5.11. The second-order valence-electron chi connectivity index (χ2n) is 4.60. The number of benzene rings is 1. The maximum atomic E-state index is 11.6. The molecule has 0 radical (unpaired) electrons. The first-order chi connectivity index (χ1) is 10.5. The average Bonchev–Trinajstić information content (AvgIpc) is 2.85. The van der Waals surface area contributed by atoms with Crippen molar-refractivity contribution in [3.8, 4) is 17.0 Å². The minimum Gasteiger partial charge on any atom is -0.497 e. The van der Waals surface area contributed by atoms with Crippen LogP contribution in [0.5, 0.6) is 5.75 Å². The fourth-order valence-electron chi connectivity index (χ4n) is 1.89. The van der Waals surface area contributed by atoms with Crippen molar-refractivity contribution in [2.75, 3.05) is 12.4 Å². The van der Waals surface area contributed by atoms with E-state index in [1.165, 1.54) is 11.3 Å². The van der Waals surface area contributed by atoms with Gasteiger partial charge in [-0.1, -0.05) is 12.1 Å². The van der Waals surface area contributed by atoms with E-state index in [9.17, 15) is 9.59 Å². The number of carboxylic acids is 1. The summed E-state index contributed by atoms with van der Waals surface area (Å²) < 4.78 is 5.19. The van der Waals surface area contributed by atoms with Crippen LogP contribution in [0, 0.1) is 6.92 Å². The molecule has 6 nitrogen and oxygen atoms in total. The quantitative estimate of drug-likeness (QED) is 0.854. The smallest absolute Gasteiger partial charge is 0.303 e. The molecule has 0 aliphatic heterocycles. The van der Waals surface area contributed by atoms with E-state index in [0.717, 1.165) is 21.9 Å². The highest BCUT2D eigenvalue weighted by atomic mass is 32.1. The number of ether oxygens (including phenoxy) is 1. The maximum absolute atomic E-state index is 11.6. The van der Waals surface area contributed by atoms with E-state index < -0.39 is 5.97 Å². The summed E-state index contributed by atoms with van der Waals surface area (Å²) in [5.41, 5.74) is 1.68. The lowest BCUT2D eigenvalue weighted by molar-refractivity contribution is -0.138. The molecule has 1 aromatic heterocycles. The van der Waals surface area contributed by atoms with Crippen LogP contribution in [0.25, 0.3) is 11.3 Å². The number of aliphatic carboxylic acids is 1. The van der Waals surface area contributed by atoms with Crippen molar-refractivity contribution in [2.45, 2.75) is 19.8 Å². The molecule has 2 rings (SSSR count). The third-order valence-electron chi connectivity index (χ3n) is 2.95. The first kappa shape index (κ1) is 16.0. The molecule has 0 saturated heterocycles. The number of carbonyl (C=O) groups is 2. The van der Waals surface area contributed by atoms with Gasteiger partial charge >= 0.3 is 5.97 Å². The summed E-state index contributed by atoms with van der Waals surface area (Å²) in [6.07, 6.45) is -0.263. The number of rotatable bonds is 6. The highest BCUT2D eigenvalue weighted by Gasteiger charge is 2.13. The molecule has 7 heteroatoms. The molecule has 0 fully saturated rings. The van der Waals surface area contributed by atoms with Crippen LogP contribution in [0.4, 0.5) is 5.13 Å². The summed E-state index contributed by atoms with van der Waals surface area (Å²) >= 11 is 1.35. The second kappa shape index (κ2) is 7.04. The van der Waals surface area contributed by atoms with E-state index in [0.29, 0.717) is 5.13 Å². The number of thiazole rings is 1. The third-order valence-corrected chi connectivity index (χ3v) is 3.84. The lowest BCUT2D eigenvalue weighted by Gasteiger charge is -2.02. The van der Waals surface area contributed by atoms with Gasteiger partial charge in [0.05, 0.1) is 19.2 Å². The lowest BCUT2D eigenvalue weighted by Crippen LogP contribution is -2.12. The van der Waals surface area contributed by atoms with Crippen LogP contribution in [0.15, 0.2) is 24.3 Å². The van der Waals surface area contributed by atoms with Crippen LogP contribution < -0.4 is 10.1 Å². The lowest BCUT2D eigenvalue weighted by atomic mass is 10.1. The van der Waals surface area contributed by atoms with Crippen molar-refractivity contribution in [2.24, 2.45) is 0 Å². The van der Waals surface area contributed by atoms with Gasteiger partial charge in [0.1, 0.15) is 5.75 Å². The highest BCUT2D eigenvalue weighted by molar-refractivity contribution is 7.16. The molecule has 1 aromatic carbocycles. The Bertz CT molecular complexity index is 697. The zero-order chi connectivity index (χ0) is 16.1. The number of nitrogens with zero attached hydrogens (tertiary/aromatic N) is 1. The Labute approximate surface area is 131 Å². The molecule has 116 valence electrons. The topological polar surface area (TPSA) is 88.5 Å². The van der Waals surface area contributed by atoms with Crippen LogP contribution >= 0.6 is 11.3 Å². The summed E-state index contributed by atoms with van der Waals surface area (Å²) in [5, 5.41) is 11.7. The molecular formula is C15H16N2O4S. The number of hydrogen-bond acceptors (Lipinski definition) is 5. The van der Waals surface area contributed by atoms with E-state index in [2.05, 4.69) is 10.3 Å². The molecule has 0 saturated carbocycles. The molecule has 0 unspecified atom stereocenters. The monoisotopic (exact) mass is 320 g/mol. The fourth-order valence-corrected chi connectivity index (χ4v) is 2.74. The number of aryl methyl sites for hydroxylation is 1. The van der Waals surface area contributed by atoms with Crippen molar-refractivity contribution in [3.63, 3.8) is 0 Å². The minimum absolute atomic E-state index is 0.0670. The van der Waals surface area contributed by atoms with E-state index in [1.807, 2.05) is 31.2 Å². The number of nitrogens with one attached hydrogen (secondary N) is 1. The van der Waals surface area contributed by atoms with Gasteiger partial charge in [0.2, 0.25) is 5.91 Å². The van der Waals surface area contributed by atoms with E-state index in [-0.39, 0.29) is 18.7 Å². The van der Waals surface area contributed by atoms with Gasteiger partial charge in [0.25, 0.3) is 0 Å². The third kappa shape index (κ3) is 4.05. The van der Waals surface area contributed by atoms with Crippen LogP contribution in [0.2, 0.25) is 0 Å². The minimum atomic E-state index is -0.998. The van der Waals surface area contributed by atoms with Crippen molar-refractivity contribution in [1.29, 1.82) is 0 Å². The van der Waals surface area contributed by atoms with Gasteiger partial charge in [-0.05, 0) is 19.1 Å². The molecule has 0 bridgehead atoms. The van der Waals surface area contributed by atoms with Crippen LogP contribution in [-0.2, 0) is 9.59 Å². The zero-order valence-corrected chi connectivity index (χ0v) is 13.1. The number of amides is 1.